The third-order valence-corrected chi connectivity index (χ3v) is 3.85. The second-order valence-corrected chi connectivity index (χ2v) is 5.37. The molecule has 1 amide bonds. The molecule has 16 heavy (non-hydrogen) atoms. The number of carbonyl (C=O) groups excluding carboxylic acids is 1. The van der Waals surface area contributed by atoms with Crippen molar-refractivity contribution < 1.29 is 4.79 Å². The molecule has 1 N–H and O–H groups in total. The second kappa shape index (κ2) is 6.24. The van der Waals surface area contributed by atoms with Crippen LogP contribution in [0.1, 0.15) is 40.0 Å². The van der Waals surface area contributed by atoms with E-state index in [0.29, 0.717) is 24.3 Å². The Morgan fingerprint density at radius 2 is 1.88 bits per heavy atom. The summed E-state index contributed by atoms with van der Waals surface area (Å²) in [4.78, 5) is 13.8. The third-order valence-electron chi connectivity index (χ3n) is 3.85. The van der Waals surface area contributed by atoms with Crippen LogP contribution in [-0.2, 0) is 4.79 Å². The summed E-state index contributed by atoms with van der Waals surface area (Å²) in [6.07, 6.45) is 3.15. The average Bonchev–Trinajstić information content (AvgIpc) is 2.28. The SMILES string of the molecule is CC(CC(=O)N(C)C(C)C)C1CCNCC1. The highest BCUT2D eigenvalue weighted by Gasteiger charge is 2.23. The van der Waals surface area contributed by atoms with Crippen LogP contribution in [0, 0.1) is 11.8 Å². The molecule has 0 aliphatic carbocycles. The van der Waals surface area contributed by atoms with E-state index in [9.17, 15) is 4.79 Å². The van der Waals surface area contributed by atoms with Crippen LogP contribution in [0.15, 0.2) is 0 Å². The monoisotopic (exact) mass is 226 g/mol. The fraction of sp³-hybridized carbons (Fsp3) is 0.923. The number of nitrogens with zero attached hydrogens (tertiary/aromatic N) is 1. The summed E-state index contributed by atoms with van der Waals surface area (Å²) >= 11 is 0. The number of rotatable bonds is 4. The minimum absolute atomic E-state index is 0.293. The number of amides is 1. The molecular weight excluding hydrogens is 200 g/mol. The molecule has 1 aliphatic heterocycles. The number of piperidine rings is 1. The Morgan fingerprint density at radius 3 is 2.38 bits per heavy atom. The molecule has 3 nitrogen and oxygen atoms in total. The number of nitrogens with one attached hydrogen (secondary N) is 1. The first-order chi connectivity index (χ1) is 7.52. The molecule has 0 spiro atoms. The Labute approximate surface area is 99.6 Å². The first-order valence-corrected chi connectivity index (χ1v) is 6.48. The van der Waals surface area contributed by atoms with E-state index < -0.39 is 0 Å². The minimum Gasteiger partial charge on any atom is -0.343 e. The van der Waals surface area contributed by atoms with Crippen LogP contribution in [0.5, 0.6) is 0 Å². The van der Waals surface area contributed by atoms with Gasteiger partial charge in [0.2, 0.25) is 5.91 Å². The van der Waals surface area contributed by atoms with Crippen LogP contribution in [0.2, 0.25) is 0 Å². The maximum atomic E-state index is 11.9. The van der Waals surface area contributed by atoms with E-state index >= 15 is 0 Å². The molecule has 0 radical (unpaired) electrons. The molecule has 0 aromatic heterocycles. The molecule has 1 atom stereocenters. The lowest BCUT2D eigenvalue weighted by Crippen LogP contribution is -2.36. The minimum atomic E-state index is 0.293. The van der Waals surface area contributed by atoms with Crippen LogP contribution in [0.4, 0.5) is 0 Å². The highest BCUT2D eigenvalue weighted by Crippen LogP contribution is 2.24. The first kappa shape index (κ1) is 13.5. The van der Waals surface area contributed by atoms with Crippen molar-refractivity contribution in [2.45, 2.75) is 46.1 Å². The van der Waals surface area contributed by atoms with Crippen LogP contribution in [0.3, 0.4) is 0 Å². The Kier molecular flexibility index (Phi) is 5.26. The molecule has 1 heterocycles. The Morgan fingerprint density at radius 1 is 1.31 bits per heavy atom. The molecular formula is C13H26N2O. The van der Waals surface area contributed by atoms with E-state index in [-0.39, 0.29) is 0 Å². The molecule has 0 saturated carbocycles. The zero-order valence-corrected chi connectivity index (χ0v) is 11.1. The van der Waals surface area contributed by atoms with Gasteiger partial charge in [0, 0.05) is 19.5 Å². The van der Waals surface area contributed by atoms with Gasteiger partial charge >= 0.3 is 0 Å². The largest absolute Gasteiger partial charge is 0.343 e. The van der Waals surface area contributed by atoms with Gasteiger partial charge in [-0.2, -0.15) is 0 Å². The van der Waals surface area contributed by atoms with E-state index in [4.69, 9.17) is 0 Å². The van der Waals surface area contributed by atoms with Crippen molar-refractivity contribution in [2.24, 2.45) is 11.8 Å². The van der Waals surface area contributed by atoms with Gasteiger partial charge in [-0.15, -0.1) is 0 Å². The van der Waals surface area contributed by atoms with Crippen molar-refractivity contribution in [2.75, 3.05) is 20.1 Å². The molecule has 1 rings (SSSR count). The highest BCUT2D eigenvalue weighted by molar-refractivity contribution is 5.76. The standard InChI is InChI=1S/C13H26N2O/c1-10(2)15(4)13(16)9-11(3)12-5-7-14-8-6-12/h10-12,14H,5-9H2,1-4H3. The van der Waals surface area contributed by atoms with Crippen molar-refractivity contribution in [1.29, 1.82) is 0 Å². The number of carbonyl (C=O) groups is 1. The summed E-state index contributed by atoms with van der Waals surface area (Å²) in [6.45, 7) is 8.58. The molecule has 1 aliphatic rings. The quantitative estimate of drug-likeness (QED) is 0.794. The van der Waals surface area contributed by atoms with E-state index in [1.54, 1.807) is 0 Å². The highest BCUT2D eigenvalue weighted by atomic mass is 16.2. The zero-order valence-electron chi connectivity index (χ0n) is 11.1. The van der Waals surface area contributed by atoms with Gasteiger partial charge in [-0.1, -0.05) is 6.92 Å². The van der Waals surface area contributed by atoms with Crippen molar-refractivity contribution >= 4 is 5.91 Å². The molecule has 1 saturated heterocycles. The van der Waals surface area contributed by atoms with Gasteiger partial charge < -0.3 is 10.2 Å². The fourth-order valence-corrected chi connectivity index (χ4v) is 2.29. The molecule has 94 valence electrons. The maximum Gasteiger partial charge on any atom is 0.222 e. The van der Waals surface area contributed by atoms with Gasteiger partial charge in [0.1, 0.15) is 0 Å². The predicted octanol–water partition coefficient (Wildman–Crippen LogP) is 1.88. The second-order valence-electron chi connectivity index (χ2n) is 5.37. The topological polar surface area (TPSA) is 32.3 Å². The summed E-state index contributed by atoms with van der Waals surface area (Å²) in [6, 6.07) is 0.313. The Hall–Kier alpha value is -0.570. The van der Waals surface area contributed by atoms with Gasteiger partial charge in [0.05, 0.1) is 0 Å². The van der Waals surface area contributed by atoms with Crippen LogP contribution in [0.25, 0.3) is 0 Å². The molecule has 0 aromatic carbocycles. The van der Waals surface area contributed by atoms with Gasteiger partial charge in [-0.3, -0.25) is 4.79 Å². The number of hydrogen-bond donors (Lipinski definition) is 1. The lowest BCUT2D eigenvalue weighted by Gasteiger charge is -2.30. The van der Waals surface area contributed by atoms with Crippen molar-refractivity contribution in [3.8, 4) is 0 Å². The Bertz CT molecular complexity index is 222. The summed E-state index contributed by atoms with van der Waals surface area (Å²) in [5, 5.41) is 3.37. The number of hydrogen-bond acceptors (Lipinski definition) is 2. The molecule has 0 bridgehead atoms. The predicted molar refractivity (Wildman–Crippen MR) is 67.3 cm³/mol. The van der Waals surface area contributed by atoms with Gasteiger partial charge in [-0.05, 0) is 51.6 Å². The average molecular weight is 226 g/mol. The summed E-state index contributed by atoms with van der Waals surface area (Å²) in [5.41, 5.74) is 0. The Balaban J connectivity index is 2.37. The van der Waals surface area contributed by atoms with Crippen molar-refractivity contribution in [3.63, 3.8) is 0 Å². The summed E-state index contributed by atoms with van der Waals surface area (Å²) in [7, 11) is 1.90. The molecule has 1 fully saturated rings. The fourth-order valence-electron chi connectivity index (χ4n) is 2.29. The maximum absolute atomic E-state index is 11.9. The van der Waals surface area contributed by atoms with E-state index in [1.807, 2.05) is 11.9 Å². The smallest absolute Gasteiger partial charge is 0.222 e. The molecule has 1 unspecified atom stereocenters. The van der Waals surface area contributed by atoms with Crippen molar-refractivity contribution in [1.82, 2.24) is 10.2 Å². The third kappa shape index (κ3) is 3.78. The zero-order chi connectivity index (χ0) is 12.1. The van der Waals surface area contributed by atoms with Gasteiger partial charge in [0.15, 0.2) is 0 Å². The van der Waals surface area contributed by atoms with E-state index in [0.717, 1.165) is 19.0 Å². The van der Waals surface area contributed by atoms with Crippen LogP contribution < -0.4 is 5.32 Å². The van der Waals surface area contributed by atoms with Gasteiger partial charge in [-0.25, -0.2) is 0 Å². The van der Waals surface area contributed by atoms with Crippen LogP contribution in [-0.4, -0.2) is 37.0 Å². The lowest BCUT2D eigenvalue weighted by molar-refractivity contribution is -0.132. The van der Waals surface area contributed by atoms with E-state index in [2.05, 4.69) is 26.1 Å². The van der Waals surface area contributed by atoms with E-state index in [1.165, 1.54) is 12.8 Å². The normalized spacial score (nSPS) is 19.8. The van der Waals surface area contributed by atoms with Gasteiger partial charge in [0.25, 0.3) is 0 Å². The summed E-state index contributed by atoms with van der Waals surface area (Å²) < 4.78 is 0. The summed E-state index contributed by atoms with van der Waals surface area (Å²) in [5.74, 6) is 1.54. The lowest BCUT2D eigenvalue weighted by atomic mass is 9.84. The molecule has 3 heteroatoms. The first-order valence-electron chi connectivity index (χ1n) is 6.48. The molecule has 0 aromatic rings. The van der Waals surface area contributed by atoms with Crippen LogP contribution >= 0.6 is 0 Å². The van der Waals surface area contributed by atoms with Crippen molar-refractivity contribution in [3.05, 3.63) is 0 Å².